The summed E-state index contributed by atoms with van der Waals surface area (Å²) >= 11 is 0. The number of hydrogen-bond donors (Lipinski definition) is 0. The molecule has 0 bridgehead atoms. The molecule has 2 rings (SSSR count). The molecule has 1 aliphatic heterocycles. The number of rotatable bonds is 5. The van der Waals surface area contributed by atoms with E-state index in [2.05, 4.69) is 23.8 Å². The molecule has 1 atom stereocenters. The minimum absolute atomic E-state index is 0.812. The minimum Gasteiger partial charge on any atom is -0.302 e. The van der Waals surface area contributed by atoms with Gasteiger partial charge in [-0.25, -0.2) is 0 Å². The van der Waals surface area contributed by atoms with Gasteiger partial charge in [-0.05, 0) is 31.1 Å². The summed E-state index contributed by atoms with van der Waals surface area (Å²) in [5.41, 5.74) is 0. The van der Waals surface area contributed by atoms with Crippen LogP contribution < -0.4 is 0 Å². The quantitative estimate of drug-likeness (QED) is 0.762. The zero-order valence-corrected chi connectivity index (χ0v) is 13.1. The van der Waals surface area contributed by atoms with Gasteiger partial charge in [-0.1, -0.05) is 33.1 Å². The van der Waals surface area contributed by atoms with Gasteiger partial charge in [-0.3, -0.25) is 4.90 Å². The van der Waals surface area contributed by atoms with E-state index in [-0.39, 0.29) is 0 Å². The van der Waals surface area contributed by atoms with Crippen molar-refractivity contribution >= 4 is 0 Å². The molecule has 1 unspecified atom stereocenters. The minimum atomic E-state index is 0.812. The molecular formula is C16H32N2O. The molecule has 0 radical (unpaired) electrons. The molecule has 0 N–H and O–H groups in total. The van der Waals surface area contributed by atoms with Gasteiger partial charge in [-0.15, -0.1) is 0 Å². The summed E-state index contributed by atoms with van der Waals surface area (Å²) < 4.78 is 0. The van der Waals surface area contributed by atoms with E-state index in [1.165, 1.54) is 51.6 Å². The largest absolute Gasteiger partial charge is 0.302 e. The highest BCUT2D eigenvalue weighted by molar-refractivity contribution is 4.85. The average Bonchev–Trinajstić information content (AvgIpc) is 2.46. The van der Waals surface area contributed by atoms with Gasteiger partial charge in [0, 0.05) is 32.2 Å². The number of hydroxylamine groups is 2. The second-order valence-corrected chi connectivity index (χ2v) is 6.74. The molecular weight excluding hydrogens is 236 g/mol. The molecule has 1 aliphatic carbocycles. The van der Waals surface area contributed by atoms with Gasteiger partial charge in [0.05, 0.1) is 7.11 Å². The molecule has 0 amide bonds. The molecule has 0 aromatic rings. The summed E-state index contributed by atoms with van der Waals surface area (Å²) in [5, 5.41) is 2.10. The fourth-order valence-corrected chi connectivity index (χ4v) is 3.86. The van der Waals surface area contributed by atoms with Crippen molar-refractivity contribution < 1.29 is 4.84 Å². The fraction of sp³-hybridized carbons (Fsp3) is 1.00. The summed E-state index contributed by atoms with van der Waals surface area (Å²) in [6.45, 7) is 9.25. The first-order chi connectivity index (χ1) is 9.20. The summed E-state index contributed by atoms with van der Waals surface area (Å²) in [5.74, 6) is 1.76. The second kappa shape index (κ2) is 7.61. The maximum absolute atomic E-state index is 5.35. The lowest BCUT2D eigenvalue weighted by molar-refractivity contribution is -0.157. The third-order valence-corrected chi connectivity index (χ3v) is 4.91. The standard InChI is InChI=1S/C16H32N2O/c1-14(2)13-16(15-7-5-4-6-8-15)17-9-11-18(19-3)12-10-17/h14-16H,4-13H2,1-3H3. The van der Waals surface area contributed by atoms with Crippen LogP contribution in [0.2, 0.25) is 0 Å². The Morgan fingerprint density at radius 1 is 1.00 bits per heavy atom. The SMILES string of the molecule is CON1CCN(C(CC(C)C)C2CCCCC2)CC1. The van der Waals surface area contributed by atoms with Crippen LogP contribution in [0.4, 0.5) is 0 Å². The summed E-state index contributed by atoms with van der Waals surface area (Å²) in [7, 11) is 1.79. The van der Waals surface area contributed by atoms with Crippen molar-refractivity contribution in [3.8, 4) is 0 Å². The highest BCUT2D eigenvalue weighted by atomic mass is 16.7. The third-order valence-electron chi connectivity index (χ3n) is 4.91. The first kappa shape index (κ1) is 15.3. The maximum Gasteiger partial charge on any atom is 0.0575 e. The molecule has 1 saturated carbocycles. The van der Waals surface area contributed by atoms with Crippen molar-refractivity contribution in [3.05, 3.63) is 0 Å². The number of nitrogens with zero attached hydrogens (tertiary/aromatic N) is 2. The average molecular weight is 268 g/mol. The van der Waals surface area contributed by atoms with Gasteiger partial charge in [0.2, 0.25) is 0 Å². The van der Waals surface area contributed by atoms with Crippen molar-refractivity contribution in [1.82, 2.24) is 9.96 Å². The van der Waals surface area contributed by atoms with Crippen LogP contribution in [0.1, 0.15) is 52.4 Å². The molecule has 1 saturated heterocycles. The zero-order valence-electron chi connectivity index (χ0n) is 13.1. The Bertz CT molecular complexity index is 243. The van der Waals surface area contributed by atoms with Crippen LogP contribution >= 0.6 is 0 Å². The molecule has 0 aromatic carbocycles. The normalized spacial score (nSPS) is 25.9. The first-order valence-corrected chi connectivity index (χ1v) is 8.23. The van der Waals surface area contributed by atoms with Crippen molar-refractivity contribution in [2.45, 2.75) is 58.4 Å². The highest BCUT2D eigenvalue weighted by Gasteiger charge is 2.31. The van der Waals surface area contributed by atoms with E-state index < -0.39 is 0 Å². The van der Waals surface area contributed by atoms with Crippen LogP contribution in [0.3, 0.4) is 0 Å². The lowest BCUT2D eigenvalue weighted by Crippen LogP contribution is -2.52. The maximum atomic E-state index is 5.35. The lowest BCUT2D eigenvalue weighted by atomic mass is 9.80. The summed E-state index contributed by atoms with van der Waals surface area (Å²) in [6, 6.07) is 0.819. The van der Waals surface area contributed by atoms with Crippen molar-refractivity contribution in [2.24, 2.45) is 11.8 Å². The van der Waals surface area contributed by atoms with Crippen LogP contribution in [-0.2, 0) is 4.84 Å². The molecule has 1 heterocycles. The monoisotopic (exact) mass is 268 g/mol. The Morgan fingerprint density at radius 2 is 1.63 bits per heavy atom. The molecule has 112 valence electrons. The molecule has 3 nitrogen and oxygen atoms in total. The molecule has 2 fully saturated rings. The van der Waals surface area contributed by atoms with Crippen molar-refractivity contribution in [2.75, 3.05) is 33.3 Å². The van der Waals surface area contributed by atoms with Gasteiger partial charge < -0.3 is 4.84 Å². The summed E-state index contributed by atoms with van der Waals surface area (Å²) in [4.78, 5) is 8.11. The number of piperazine rings is 1. The van der Waals surface area contributed by atoms with Crippen molar-refractivity contribution in [1.29, 1.82) is 0 Å². The molecule has 0 spiro atoms. The van der Waals surface area contributed by atoms with E-state index in [4.69, 9.17) is 4.84 Å². The highest BCUT2D eigenvalue weighted by Crippen LogP contribution is 2.32. The third kappa shape index (κ3) is 4.44. The molecule has 0 aromatic heterocycles. The smallest absolute Gasteiger partial charge is 0.0575 e. The van der Waals surface area contributed by atoms with Crippen LogP contribution in [-0.4, -0.2) is 49.3 Å². The molecule has 19 heavy (non-hydrogen) atoms. The Morgan fingerprint density at radius 3 is 2.16 bits per heavy atom. The fourth-order valence-electron chi connectivity index (χ4n) is 3.86. The Balaban J connectivity index is 1.92. The van der Waals surface area contributed by atoms with E-state index in [1.54, 1.807) is 7.11 Å². The molecule has 3 heteroatoms. The van der Waals surface area contributed by atoms with Crippen LogP contribution in [0.5, 0.6) is 0 Å². The zero-order chi connectivity index (χ0) is 13.7. The van der Waals surface area contributed by atoms with E-state index in [1.807, 2.05) is 0 Å². The van der Waals surface area contributed by atoms with E-state index >= 15 is 0 Å². The van der Waals surface area contributed by atoms with E-state index in [0.29, 0.717) is 0 Å². The Kier molecular flexibility index (Phi) is 6.11. The van der Waals surface area contributed by atoms with E-state index in [9.17, 15) is 0 Å². The Hall–Kier alpha value is -0.120. The molecule has 2 aliphatic rings. The topological polar surface area (TPSA) is 15.7 Å². The van der Waals surface area contributed by atoms with Gasteiger partial charge in [-0.2, -0.15) is 5.06 Å². The first-order valence-electron chi connectivity index (χ1n) is 8.23. The predicted molar refractivity (Wildman–Crippen MR) is 80.0 cm³/mol. The lowest BCUT2D eigenvalue weighted by Gasteiger charge is -2.43. The second-order valence-electron chi connectivity index (χ2n) is 6.74. The predicted octanol–water partition coefficient (Wildman–Crippen LogP) is 3.16. The van der Waals surface area contributed by atoms with E-state index in [0.717, 1.165) is 31.0 Å². The van der Waals surface area contributed by atoms with Crippen LogP contribution in [0.15, 0.2) is 0 Å². The van der Waals surface area contributed by atoms with Crippen LogP contribution in [0, 0.1) is 11.8 Å². The summed E-state index contributed by atoms with van der Waals surface area (Å²) in [6.07, 6.45) is 8.67. The van der Waals surface area contributed by atoms with Crippen molar-refractivity contribution in [3.63, 3.8) is 0 Å². The Labute approximate surface area is 119 Å². The van der Waals surface area contributed by atoms with Gasteiger partial charge in [0.25, 0.3) is 0 Å². The number of hydrogen-bond acceptors (Lipinski definition) is 3. The van der Waals surface area contributed by atoms with Gasteiger partial charge >= 0.3 is 0 Å². The van der Waals surface area contributed by atoms with Gasteiger partial charge in [0.15, 0.2) is 0 Å². The van der Waals surface area contributed by atoms with Crippen LogP contribution in [0.25, 0.3) is 0 Å². The van der Waals surface area contributed by atoms with Gasteiger partial charge in [0.1, 0.15) is 0 Å².